The van der Waals surface area contributed by atoms with Crippen LogP contribution in [0.2, 0.25) is 0 Å². The first-order chi connectivity index (χ1) is 22.7. The first-order valence-corrected chi connectivity index (χ1v) is 17.5. The summed E-state index contributed by atoms with van der Waals surface area (Å²) < 4.78 is 0. The fraction of sp³-hybridized carbons (Fsp3) is 0.543. The number of likely N-dealkylation sites (N-methyl/N-ethyl adjacent to an activating group) is 1. The minimum Gasteiger partial charge on any atom is -0.508 e. The molecule has 2 aromatic rings. The van der Waals surface area contributed by atoms with Crippen LogP contribution >= 0.6 is 11.3 Å². The molecular formula is C35H40N4O8S. The number of aromatic hydroxyl groups is 1. The van der Waals surface area contributed by atoms with E-state index in [1.807, 2.05) is 0 Å². The second-order valence-electron chi connectivity index (χ2n) is 15.1. The number of Topliss-reactive ketones (excluding diaryl/α,β-unsaturated/α-hetero) is 2. The van der Waals surface area contributed by atoms with Gasteiger partial charge < -0.3 is 36.6 Å². The van der Waals surface area contributed by atoms with Crippen LogP contribution in [0.3, 0.4) is 0 Å². The summed E-state index contributed by atoms with van der Waals surface area (Å²) >= 11 is 1.44. The van der Waals surface area contributed by atoms with Gasteiger partial charge in [0.2, 0.25) is 5.78 Å². The highest BCUT2D eigenvalue weighted by Crippen LogP contribution is 2.60. The standard InChI is InChI=1S/C35H40N4O8S/c1-12-17-4-5-18(37-34-38-19(11-48-34)21-15-7-13-6-14(9-15)10-16(21)8-13)27(40)22(17)28(41)23-20(12)29(42)25-26(39(2)3)30(43)24(33(36)46)32(45)35(25,47)31(23)44/h4-5,11-16,20-21,25-26,29,40-42,45,47H,6-10H2,1-3H3,(H2,36,46)(H,37,38)/t12-,13?,14?,15?,16?,20?,21?,25?,26-,29?,35-/m0/s1. The molecule has 0 radical (unpaired) electrons. The predicted octanol–water partition coefficient (Wildman–Crippen LogP) is 3.24. The zero-order chi connectivity index (χ0) is 34.1. The average Bonchev–Trinajstić information content (AvgIpc) is 3.47. The van der Waals surface area contributed by atoms with E-state index in [-0.39, 0.29) is 17.0 Å². The van der Waals surface area contributed by atoms with Gasteiger partial charge in [0.05, 0.1) is 35.0 Å². The number of primary amides is 1. The van der Waals surface area contributed by atoms with Crippen molar-refractivity contribution in [1.29, 1.82) is 0 Å². The highest BCUT2D eigenvalue weighted by atomic mass is 32.1. The number of benzene rings is 1. The van der Waals surface area contributed by atoms with Crippen molar-refractivity contribution in [3.8, 4) is 5.75 Å². The van der Waals surface area contributed by atoms with E-state index in [1.165, 1.54) is 62.4 Å². The summed E-state index contributed by atoms with van der Waals surface area (Å²) in [6.45, 7) is 1.71. The maximum atomic E-state index is 14.3. The number of thiazole rings is 1. The molecule has 8 N–H and O–H groups in total. The van der Waals surface area contributed by atoms with Gasteiger partial charge in [0.25, 0.3) is 5.91 Å². The molecule has 0 spiro atoms. The number of anilines is 2. The Kier molecular flexibility index (Phi) is 6.96. The Labute approximate surface area is 281 Å². The number of hydrogen-bond acceptors (Lipinski definition) is 12. The zero-order valence-corrected chi connectivity index (χ0v) is 27.7. The quantitative estimate of drug-likeness (QED) is 0.181. The van der Waals surface area contributed by atoms with Gasteiger partial charge in [-0.25, -0.2) is 4.98 Å². The molecule has 48 heavy (non-hydrogen) atoms. The summed E-state index contributed by atoms with van der Waals surface area (Å²) in [5.74, 6) is -5.70. The number of carbonyl (C=O) groups excluding carboxylic acids is 3. The van der Waals surface area contributed by atoms with Gasteiger partial charge in [-0.05, 0) is 87.4 Å². The van der Waals surface area contributed by atoms with Crippen LogP contribution < -0.4 is 11.1 Å². The maximum Gasteiger partial charge on any atom is 0.255 e. The van der Waals surface area contributed by atoms with Gasteiger partial charge >= 0.3 is 0 Å². The number of ketones is 2. The van der Waals surface area contributed by atoms with E-state index in [4.69, 9.17) is 10.7 Å². The number of phenolic OH excluding ortho intramolecular Hbond substituents is 1. The number of aromatic nitrogens is 1. The van der Waals surface area contributed by atoms with E-state index in [9.17, 15) is 39.9 Å². The molecule has 0 saturated heterocycles. The molecule has 5 fully saturated rings. The van der Waals surface area contributed by atoms with Crippen LogP contribution in [0.15, 0.2) is 34.4 Å². The maximum absolute atomic E-state index is 14.3. The number of nitrogens with two attached hydrogens (primary N) is 1. The van der Waals surface area contributed by atoms with Crippen molar-refractivity contribution in [1.82, 2.24) is 9.88 Å². The minimum absolute atomic E-state index is 0.0613. The fourth-order valence-electron chi connectivity index (χ4n) is 10.7. The summed E-state index contributed by atoms with van der Waals surface area (Å²) in [6.07, 6.45) is 4.80. The summed E-state index contributed by atoms with van der Waals surface area (Å²) in [7, 11) is 2.95. The molecule has 12 nitrogen and oxygen atoms in total. The van der Waals surface area contributed by atoms with Gasteiger partial charge in [-0.1, -0.05) is 13.0 Å². The Hall–Kier alpha value is -3.78. The molecule has 5 saturated carbocycles. The molecule has 1 heterocycles. The predicted molar refractivity (Wildman–Crippen MR) is 176 cm³/mol. The lowest BCUT2D eigenvalue weighted by Crippen LogP contribution is -2.70. The van der Waals surface area contributed by atoms with Gasteiger partial charge in [-0.2, -0.15) is 0 Å². The van der Waals surface area contributed by atoms with E-state index in [1.54, 1.807) is 19.1 Å². The SMILES string of the molecule is C[C@H]1c2ccc(Nc3nc(C4C5CC6CC(C5)CC4C6)cs3)c(O)c2C(O)=C2C(=O)[C@]3(O)C(O)=C(C(N)=O)C(=O)[C@@H](N(C)C)C3C(O)C21. The summed E-state index contributed by atoms with van der Waals surface area (Å²) in [5, 5.41) is 64.0. The molecular weight excluding hydrogens is 636 g/mol. The van der Waals surface area contributed by atoms with Crippen LogP contribution in [-0.4, -0.2) is 84.7 Å². The molecule has 1 amide bonds. The molecule has 254 valence electrons. The molecule has 1 aromatic heterocycles. The molecule has 3 unspecified atom stereocenters. The number of rotatable bonds is 5. The molecule has 1 aromatic carbocycles. The van der Waals surface area contributed by atoms with Crippen molar-refractivity contribution in [2.45, 2.75) is 68.6 Å². The van der Waals surface area contributed by atoms with Crippen molar-refractivity contribution in [3.05, 3.63) is 51.2 Å². The third kappa shape index (κ3) is 4.10. The summed E-state index contributed by atoms with van der Waals surface area (Å²) in [5.41, 5.74) is 2.78. The van der Waals surface area contributed by atoms with E-state index >= 15 is 0 Å². The number of nitrogens with one attached hydrogen (secondary N) is 1. The summed E-state index contributed by atoms with van der Waals surface area (Å²) in [4.78, 5) is 46.2. The molecule has 9 rings (SSSR count). The number of carbonyl (C=O) groups is 3. The van der Waals surface area contributed by atoms with Crippen molar-refractivity contribution in [3.63, 3.8) is 0 Å². The van der Waals surface area contributed by atoms with Gasteiger partial charge in [0.1, 0.15) is 22.8 Å². The minimum atomic E-state index is -2.95. The van der Waals surface area contributed by atoms with E-state index in [0.29, 0.717) is 28.4 Å². The highest BCUT2D eigenvalue weighted by Gasteiger charge is 2.68. The first-order valence-electron chi connectivity index (χ1n) is 16.6. The third-order valence-electron chi connectivity index (χ3n) is 12.5. The number of hydrogen-bond donors (Lipinski definition) is 7. The largest absolute Gasteiger partial charge is 0.508 e. The Balaban J connectivity index is 1.17. The lowest BCUT2D eigenvalue weighted by Gasteiger charge is -2.54. The molecule has 4 bridgehead atoms. The van der Waals surface area contributed by atoms with Crippen molar-refractivity contribution < 1.29 is 39.9 Å². The molecule has 13 heteroatoms. The number of nitrogens with zero attached hydrogens (tertiary/aromatic N) is 2. The lowest BCUT2D eigenvalue weighted by atomic mass is 9.51. The van der Waals surface area contributed by atoms with Crippen LogP contribution in [0, 0.1) is 35.5 Å². The van der Waals surface area contributed by atoms with Crippen LogP contribution in [-0.2, 0) is 14.4 Å². The summed E-state index contributed by atoms with van der Waals surface area (Å²) in [6, 6.07) is 1.95. The van der Waals surface area contributed by atoms with Crippen LogP contribution in [0.5, 0.6) is 5.75 Å². The Morgan fingerprint density at radius 3 is 2.29 bits per heavy atom. The van der Waals surface area contributed by atoms with Gasteiger partial charge in [-0.3, -0.25) is 19.3 Å². The molecule has 6 atom stereocenters. The normalized spacial score (nSPS) is 38.3. The van der Waals surface area contributed by atoms with Crippen LogP contribution in [0.1, 0.15) is 67.7 Å². The zero-order valence-electron chi connectivity index (χ0n) is 26.9. The number of aliphatic hydroxyl groups is 4. The second kappa shape index (κ2) is 10.6. The van der Waals surface area contributed by atoms with Crippen molar-refractivity contribution in [2.75, 3.05) is 19.4 Å². The third-order valence-corrected chi connectivity index (χ3v) is 13.2. The topological polar surface area (TPSA) is 207 Å². The lowest BCUT2D eigenvalue weighted by molar-refractivity contribution is -0.169. The molecule has 7 aliphatic carbocycles. The molecule has 0 aliphatic heterocycles. The Morgan fingerprint density at radius 1 is 1.04 bits per heavy atom. The van der Waals surface area contributed by atoms with Gasteiger partial charge in [0, 0.05) is 22.8 Å². The van der Waals surface area contributed by atoms with E-state index < -0.39 is 75.6 Å². The number of fused-ring (bicyclic) bond motifs is 3. The van der Waals surface area contributed by atoms with Crippen molar-refractivity contribution in [2.24, 2.45) is 41.2 Å². The first kappa shape index (κ1) is 31.5. The van der Waals surface area contributed by atoms with Crippen LogP contribution in [0.25, 0.3) is 5.76 Å². The van der Waals surface area contributed by atoms with Crippen molar-refractivity contribution >= 4 is 45.4 Å². The van der Waals surface area contributed by atoms with Gasteiger partial charge in [0.15, 0.2) is 16.5 Å². The molecule has 7 aliphatic rings. The fourth-order valence-corrected chi connectivity index (χ4v) is 11.5. The van der Waals surface area contributed by atoms with E-state index in [2.05, 4.69) is 10.7 Å². The van der Waals surface area contributed by atoms with Crippen LogP contribution in [0.4, 0.5) is 10.8 Å². The highest BCUT2D eigenvalue weighted by molar-refractivity contribution is 7.13. The Bertz CT molecular complexity index is 1820. The monoisotopic (exact) mass is 676 g/mol. The number of phenols is 1. The number of aliphatic hydroxyl groups excluding tert-OH is 3. The Morgan fingerprint density at radius 2 is 1.69 bits per heavy atom. The second-order valence-corrected chi connectivity index (χ2v) is 16.0. The smallest absolute Gasteiger partial charge is 0.255 e. The average molecular weight is 677 g/mol. The van der Waals surface area contributed by atoms with E-state index in [0.717, 1.165) is 17.5 Å². The van der Waals surface area contributed by atoms with Gasteiger partial charge in [-0.15, -0.1) is 11.3 Å². The number of amides is 1.